The number of nitrogens with zero attached hydrogens (tertiary/aromatic N) is 1. The molecular formula is C50H73Cl2N7O7. The maximum atomic E-state index is 14.1. The lowest BCUT2D eigenvalue weighted by atomic mass is 9.92. The van der Waals surface area contributed by atoms with Crippen molar-refractivity contribution in [3.8, 4) is 22.6 Å². The maximum absolute atomic E-state index is 14.1. The van der Waals surface area contributed by atoms with E-state index >= 15 is 0 Å². The minimum absolute atomic E-state index is 0. The van der Waals surface area contributed by atoms with Crippen LogP contribution < -0.4 is 42.6 Å². The van der Waals surface area contributed by atoms with Crippen molar-refractivity contribution in [2.24, 2.45) is 39.9 Å². The summed E-state index contributed by atoms with van der Waals surface area (Å²) in [6.45, 7) is 13.2. The van der Waals surface area contributed by atoms with Crippen LogP contribution in [-0.2, 0) is 23.9 Å². The summed E-state index contributed by atoms with van der Waals surface area (Å²) in [7, 11) is 0. The highest BCUT2D eigenvalue weighted by molar-refractivity contribution is 6.10. The number of nitrogens with two attached hydrogens (primary N) is 3. The van der Waals surface area contributed by atoms with Crippen molar-refractivity contribution in [2.45, 2.75) is 111 Å². The fourth-order valence-electron chi connectivity index (χ4n) is 7.30. The third kappa shape index (κ3) is 18.2. The zero-order valence-corrected chi connectivity index (χ0v) is 41.1. The van der Waals surface area contributed by atoms with Crippen LogP contribution >= 0.6 is 24.8 Å². The highest BCUT2D eigenvalue weighted by Gasteiger charge is 2.31. The molecule has 364 valence electrons. The number of carbonyl (C=O) groups is 4. The number of rotatable bonds is 27. The van der Waals surface area contributed by atoms with Crippen molar-refractivity contribution in [3.63, 3.8) is 0 Å². The van der Waals surface area contributed by atoms with Gasteiger partial charge in [0, 0.05) is 17.7 Å². The van der Waals surface area contributed by atoms with Crippen molar-refractivity contribution >= 4 is 76.0 Å². The fraction of sp³-hybridized carbons (Fsp3) is 0.500. The van der Waals surface area contributed by atoms with Gasteiger partial charge in [0.2, 0.25) is 11.8 Å². The van der Waals surface area contributed by atoms with Crippen molar-refractivity contribution in [2.75, 3.05) is 32.9 Å². The Labute approximate surface area is 403 Å². The number of carbonyl (C=O) groups excluding carboxylic acids is 4. The molecule has 4 rings (SSSR count). The van der Waals surface area contributed by atoms with Gasteiger partial charge in [0.25, 0.3) is 5.91 Å². The number of unbranched alkanes of at least 4 members (excludes halogenated alkanes) is 1. The number of nitrogens with one attached hydrogen (secondary N) is 3. The van der Waals surface area contributed by atoms with Gasteiger partial charge in [-0.05, 0) is 109 Å². The lowest BCUT2D eigenvalue weighted by Crippen LogP contribution is -2.56. The minimum Gasteiger partial charge on any atom is -0.493 e. The molecule has 0 saturated carbocycles. The molecule has 0 aliphatic rings. The van der Waals surface area contributed by atoms with Crippen LogP contribution in [0.5, 0.6) is 11.5 Å². The van der Waals surface area contributed by atoms with E-state index in [9.17, 15) is 19.2 Å². The van der Waals surface area contributed by atoms with Crippen LogP contribution in [0.1, 0.15) is 92.9 Å². The predicted octanol–water partition coefficient (Wildman–Crippen LogP) is 7.58. The Kier molecular flexibility index (Phi) is 25.3. The van der Waals surface area contributed by atoms with Crippen molar-refractivity contribution in [1.29, 1.82) is 0 Å². The van der Waals surface area contributed by atoms with E-state index in [4.69, 9.17) is 31.4 Å². The first-order chi connectivity index (χ1) is 30.7. The van der Waals surface area contributed by atoms with Crippen molar-refractivity contribution in [1.82, 2.24) is 16.0 Å². The molecule has 3 amide bonds. The summed E-state index contributed by atoms with van der Waals surface area (Å²) in [5.74, 6) is -0.281. The number of hydrogen-bond acceptors (Lipinski definition) is 9. The molecule has 4 aromatic rings. The Morgan fingerprint density at radius 1 is 0.591 bits per heavy atom. The van der Waals surface area contributed by atoms with Gasteiger partial charge in [0.15, 0.2) is 12.6 Å². The van der Waals surface area contributed by atoms with Gasteiger partial charge < -0.3 is 47.4 Å². The average Bonchev–Trinajstić information content (AvgIpc) is 3.25. The van der Waals surface area contributed by atoms with E-state index in [2.05, 4.69) is 46.9 Å². The van der Waals surface area contributed by atoms with Crippen LogP contribution in [0.4, 0.5) is 0 Å². The molecular weight excluding hydrogens is 881 g/mol. The first-order valence-corrected chi connectivity index (χ1v) is 22.8. The molecule has 0 fully saturated rings. The highest BCUT2D eigenvalue weighted by atomic mass is 35.5. The van der Waals surface area contributed by atoms with Gasteiger partial charge in [-0.15, -0.1) is 24.8 Å². The van der Waals surface area contributed by atoms with E-state index in [1.54, 1.807) is 0 Å². The topological polar surface area (TPSA) is 222 Å². The van der Waals surface area contributed by atoms with E-state index in [0.717, 1.165) is 39.1 Å². The molecule has 0 heterocycles. The molecule has 0 radical (unpaired) electrons. The Morgan fingerprint density at radius 3 is 1.65 bits per heavy atom. The summed E-state index contributed by atoms with van der Waals surface area (Å²) in [6.07, 6.45) is 3.79. The van der Waals surface area contributed by atoms with Crippen LogP contribution in [0, 0.1) is 17.8 Å². The number of esters is 1. The minimum atomic E-state index is -1.08. The third-order valence-electron chi connectivity index (χ3n) is 10.8. The number of hydrogen-bond donors (Lipinski definition) is 6. The standard InChI is InChI=1S/C50H71N7O7.2ClH/c1-32(2)24-28-62-42-22-20-35-14-7-9-16-37(35)45(42)46-38-17-10-8-15-36(38)21-23-43(46)64-31-44(58)55-39(18-11-12-26-51)47(59)56-40(19-13-27-54-50(52)53)48(60)57-41(30-34(5)6)49(61)63-29-25-33(3)4;;/h7-10,14-17,20-23,32-34,39-41H,11-13,18-19,24-31,51H2,1-6H3,(H,55,58)(H,56,59)(H,57,60)(H4,52,53,54);2*1H/t39-,40+,41+;;/m1../s1. The number of guanidine groups is 1. The number of ether oxygens (including phenoxy) is 3. The molecule has 66 heavy (non-hydrogen) atoms. The van der Waals surface area contributed by atoms with Gasteiger partial charge in [-0.2, -0.15) is 0 Å². The van der Waals surface area contributed by atoms with E-state index in [0.29, 0.717) is 68.6 Å². The average molecular weight is 955 g/mol. The lowest BCUT2D eigenvalue weighted by molar-refractivity contribution is -0.149. The van der Waals surface area contributed by atoms with Gasteiger partial charge in [0.1, 0.15) is 29.6 Å². The largest absolute Gasteiger partial charge is 0.493 e. The molecule has 14 nitrogen and oxygen atoms in total. The second-order valence-electron chi connectivity index (χ2n) is 17.6. The monoisotopic (exact) mass is 953 g/mol. The molecule has 0 unspecified atom stereocenters. The third-order valence-corrected chi connectivity index (χ3v) is 10.8. The molecule has 9 N–H and O–H groups in total. The first kappa shape index (κ1) is 56.8. The smallest absolute Gasteiger partial charge is 0.328 e. The molecule has 3 atom stereocenters. The van der Waals surface area contributed by atoms with E-state index < -0.39 is 48.4 Å². The first-order valence-electron chi connectivity index (χ1n) is 22.8. The van der Waals surface area contributed by atoms with Gasteiger partial charge >= 0.3 is 5.97 Å². The van der Waals surface area contributed by atoms with Crippen LogP contribution in [0.2, 0.25) is 0 Å². The van der Waals surface area contributed by atoms with Crippen molar-refractivity contribution < 1.29 is 33.4 Å². The molecule has 4 aromatic carbocycles. The molecule has 16 heteroatoms. The Balaban J connectivity index is 0.00000748. The predicted molar refractivity (Wildman–Crippen MR) is 270 cm³/mol. The van der Waals surface area contributed by atoms with E-state index in [1.807, 2.05) is 88.4 Å². The Morgan fingerprint density at radius 2 is 1.11 bits per heavy atom. The van der Waals surface area contributed by atoms with Gasteiger partial charge in [-0.1, -0.05) is 102 Å². The second kappa shape index (κ2) is 29.4. The molecule has 0 saturated heterocycles. The summed E-state index contributed by atoms with van der Waals surface area (Å²) in [4.78, 5) is 59.1. The Hall–Kier alpha value is -5.31. The van der Waals surface area contributed by atoms with Crippen LogP contribution in [0.15, 0.2) is 77.8 Å². The summed E-state index contributed by atoms with van der Waals surface area (Å²) >= 11 is 0. The van der Waals surface area contributed by atoms with Gasteiger partial charge in [-0.3, -0.25) is 19.4 Å². The van der Waals surface area contributed by atoms with Crippen LogP contribution in [0.3, 0.4) is 0 Å². The normalized spacial score (nSPS) is 12.4. The number of halogens is 2. The quantitative estimate of drug-likeness (QED) is 0.0149. The van der Waals surface area contributed by atoms with Crippen LogP contribution in [-0.4, -0.2) is 80.7 Å². The zero-order valence-electron chi connectivity index (χ0n) is 39.4. The number of aliphatic imine (C=N–C) groups is 1. The summed E-state index contributed by atoms with van der Waals surface area (Å²) in [5, 5.41) is 12.5. The van der Waals surface area contributed by atoms with Crippen molar-refractivity contribution in [3.05, 3.63) is 72.8 Å². The SMILES string of the molecule is CC(C)CCOC(=O)[C@H](CC(C)C)NC(=O)[C@H](CCCN=C(N)N)NC(=O)[C@@H](CCCCN)NC(=O)COc1ccc2ccccc2c1-c1c(OCCC(C)C)ccc2ccccc12.Cl.Cl. The van der Waals surface area contributed by atoms with Gasteiger partial charge in [0.05, 0.1) is 13.2 Å². The number of amides is 3. The summed E-state index contributed by atoms with van der Waals surface area (Å²) in [5.41, 5.74) is 18.5. The molecule has 0 aliphatic carbocycles. The van der Waals surface area contributed by atoms with E-state index in [-0.39, 0.29) is 62.7 Å². The molecule has 0 bridgehead atoms. The van der Waals surface area contributed by atoms with Gasteiger partial charge in [-0.25, -0.2) is 4.79 Å². The fourth-order valence-corrected chi connectivity index (χ4v) is 7.30. The zero-order chi connectivity index (χ0) is 46.6. The molecule has 0 aromatic heterocycles. The van der Waals surface area contributed by atoms with Crippen LogP contribution in [0.25, 0.3) is 32.7 Å². The molecule has 0 spiro atoms. The second-order valence-corrected chi connectivity index (χ2v) is 17.6. The lowest BCUT2D eigenvalue weighted by Gasteiger charge is -2.26. The highest BCUT2D eigenvalue weighted by Crippen LogP contribution is 2.45. The molecule has 0 aliphatic heterocycles. The Bertz CT molecular complexity index is 2180. The number of benzene rings is 4. The maximum Gasteiger partial charge on any atom is 0.328 e. The van der Waals surface area contributed by atoms with E-state index in [1.165, 1.54) is 0 Å². The summed E-state index contributed by atoms with van der Waals surface area (Å²) < 4.78 is 18.4. The number of fused-ring (bicyclic) bond motifs is 2. The summed E-state index contributed by atoms with van der Waals surface area (Å²) in [6, 6.07) is 20.9.